The van der Waals surface area contributed by atoms with E-state index in [2.05, 4.69) is 22.4 Å². The van der Waals surface area contributed by atoms with Gasteiger partial charge in [0, 0.05) is 16.7 Å². The molecular formula is C23H19N5OS. The zero-order chi connectivity index (χ0) is 20.5. The third-order valence-electron chi connectivity index (χ3n) is 4.91. The summed E-state index contributed by atoms with van der Waals surface area (Å²) in [6.45, 7) is 1.94. The number of nitrogens with zero attached hydrogens (tertiary/aromatic N) is 4. The normalized spacial score (nSPS) is 17.4. The largest absolute Gasteiger partial charge is 0.298 e. The molecule has 0 saturated carbocycles. The number of fused-ring (bicyclic) bond motifs is 2. The van der Waals surface area contributed by atoms with Crippen molar-refractivity contribution in [2.45, 2.75) is 18.8 Å². The second-order valence-electron chi connectivity index (χ2n) is 7.05. The molecule has 1 atom stereocenters. The highest BCUT2D eigenvalue weighted by atomic mass is 32.2. The van der Waals surface area contributed by atoms with Crippen LogP contribution in [0.3, 0.4) is 0 Å². The molecule has 3 aromatic rings. The van der Waals surface area contributed by atoms with Gasteiger partial charge in [-0.1, -0.05) is 66.4 Å². The third-order valence-corrected chi connectivity index (χ3v) is 5.84. The van der Waals surface area contributed by atoms with E-state index in [1.807, 2.05) is 67.6 Å². The molecule has 0 spiro atoms. The number of hydrogen-bond acceptors (Lipinski definition) is 6. The number of para-hydroxylation sites is 1. The van der Waals surface area contributed by atoms with Crippen molar-refractivity contribution in [2.24, 2.45) is 10.1 Å². The van der Waals surface area contributed by atoms with Crippen molar-refractivity contribution in [1.82, 2.24) is 15.3 Å². The van der Waals surface area contributed by atoms with E-state index in [9.17, 15) is 4.79 Å². The molecule has 148 valence electrons. The molecule has 30 heavy (non-hydrogen) atoms. The second-order valence-corrected chi connectivity index (χ2v) is 8.01. The molecular weight excluding hydrogens is 394 g/mol. The number of carbonyl (C=O) groups is 1. The predicted octanol–water partition coefficient (Wildman–Crippen LogP) is 2.47. The standard InChI is InChI=1S/C23H19N5OS/c1-15-8-7-13-19(24-15)21-25-18-12-6-5-11-17(18)20-22(29)26-23(27-28(20)21)30-14-16-9-3-2-4-10-16/h2-13,21H,14H2,1H3,(H,26,27,29)/t21-/m0/s1. The number of amidine groups is 1. The first-order valence-electron chi connectivity index (χ1n) is 9.66. The van der Waals surface area contributed by atoms with E-state index in [1.54, 1.807) is 5.01 Å². The third kappa shape index (κ3) is 3.48. The fourth-order valence-electron chi connectivity index (χ4n) is 3.52. The molecule has 0 aliphatic carbocycles. The monoisotopic (exact) mass is 413 g/mol. The smallest absolute Gasteiger partial charge is 0.276 e. The lowest BCUT2D eigenvalue weighted by Gasteiger charge is -2.33. The highest BCUT2D eigenvalue weighted by Crippen LogP contribution is 2.30. The van der Waals surface area contributed by atoms with Crippen molar-refractivity contribution < 1.29 is 4.79 Å². The maximum absolute atomic E-state index is 13.1. The van der Waals surface area contributed by atoms with Crippen molar-refractivity contribution >= 4 is 28.5 Å². The molecule has 2 aliphatic rings. The average molecular weight is 414 g/mol. The zero-order valence-electron chi connectivity index (χ0n) is 16.3. The Bertz CT molecular complexity index is 1270. The van der Waals surface area contributed by atoms with E-state index in [0.717, 1.165) is 22.0 Å². The van der Waals surface area contributed by atoms with Gasteiger partial charge in [0.1, 0.15) is 5.70 Å². The molecule has 0 fully saturated rings. The van der Waals surface area contributed by atoms with Crippen LogP contribution in [-0.4, -0.2) is 21.1 Å². The Morgan fingerprint density at radius 1 is 1.00 bits per heavy atom. The number of carbonyl (C=O) groups excluding carboxylic acids is 1. The molecule has 0 unspecified atom stereocenters. The quantitative estimate of drug-likeness (QED) is 0.716. The van der Waals surface area contributed by atoms with Gasteiger partial charge >= 0.3 is 0 Å². The van der Waals surface area contributed by atoms with Crippen LogP contribution in [0.15, 0.2) is 82.9 Å². The molecule has 1 aromatic heterocycles. The Kier molecular flexibility index (Phi) is 4.80. The molecule has 0 bridgehead atoms. The summed E-state index contributed by atoms with van der Waals surface area (Å²) in [4.78, 5) is 22.6. The summed E-state index contributed by atoms with van der Waals surface area (Å²) in [5, 5.41) is 11.5. The Balaban J connectivity index is 1.58. The lowest BCUT2D eigenvalue weighted by Crippen LogP contribution is -2.50. The van der Waals surface area contributed by atoms with Crippen LogP contribution in [0.25, 0.3) is 5.70 Å². The van der Waals surface area contributed by atoms with Crippen LogP contribution in [0.2, 0.25) is 0 Å². The van der Waals surface area contributed by atoms with Crippen LogP contribution >= 0.6 is 11.8 Å². The zero-order valence-corrected chi connectivity index (χ0v) is 17.1. The van der Waals surface area contributed by atoms with Crippen molar-refractivity contribution in [3.05, 3.63) is 100 Å². The predicted molar refractivity (Wildman–Crippen MR) is 117 cm³/mol. The van der Waals surface area contributed by atoms with Gasteiger partial charge in [0.15, 0.2) is 11.3 Å². The number of hydrogen-bond donors (Lipinski definition) is 1. The molecule has 2 aliphatic heterocycles. The maximum Gasteiger partial charge on any atom is 0.276 e. The summed E-state index contributed by atoms with van der Waals surface area (Å²) in [6.07, 6.45) is -0.492. The minimum absolute atomic E-state index is 0.180. The van der Waals surface area contributed by atoms with Gasteiger partial charge in [-0.15, -0.1) is 5.10 Å². The number of amides is 1. The SMILES string of the molecule is Cc1cccc([C@H]2N=c3ccccc3=C3C(=O)NC(SCc4ccccc4)=NN32)n1. The van der Waals surface area contributed by atoms with E-state index < -0.39 is 6.17 Å². The van der Waals surface area contributed by atoms with Crippen LogP contribution in [0.5, 0.6) is 0 Å². The Morgan fingerprint density at radius 2 is 1.80 bits per heavy atom. The minimum Gasteiger partial charge on any atom is -0.298 e. The summed E-state index contributed by atoms with van der Waals surface area (Å²) in [5.74, 6) is 0.532. The van der Waals surface area contributed by atoms with E-state index in [1.165, 1.54) is 17.3 Å². The van der Waals surface area contributed by atoms with Gasteiger partial charge in [-0.05, 0) is 30.7 Å². The highest BCUT2D eigenvalue weighted by molar-refractivity contribution is 8.13. The molecule has 2 aromatic carbocycles. The fraction of sp³-hybridized carbons (Fsp3) is 0.130. The van der Waals surface area contributed by atoms with Crippen LogP contribution < -0.4 is 15.9 Å². The highest BCUT2D eigenvalue weighted by Gasteiger charge is 2.35. The number of aromatic nitrogens is 1. The summed E-state index contributed by atoms with van der Waals surface area (Å²) >= 11 is 1.49. The van der Waals surface area contributed by atoms with E-state index in [-0.39, 0.29) is 5.91 Å². The number of nitrogens with one attached hydrogen (secondary N) is 1. The molecule has 6 nitrogen and oxygen atoms in total. The van der Waals surface area contributed by atoms with Crippen molar-refractivity contribution in [1.29, 1.82) is 0 Å². The van der Waals surface area contributed by atoms with E-state index >= 15 is 0 Å². The molecule has 3 heterocycles. The number of hydrazone groups is 1. The van der Waals surface area contributed by atoms with Gasteiger partial charge in [0.05, 0.1) is 11.1 Å². The minimum atomic E-state index is -0.492. The van der Waals surface area contributed by atoms with E-state index in [4.69, 9.17) is 10.1 Å². The van der Waals surface area contributed by atoms with Crippen molar-refractivity contribution in [3.63, 3.8) is 0 Å². The first-order chi connectivity index (χ1) is 14.7. The average Bonchev–Trinajstić information content (AvgIpc) is 2.77. The van der Waals surface area contributed by atoms with Gasteiger partial charge < -0.3 is 0 Å². The van der Waals surface area contributed by atoms with Crippen LogP contribution in [0.4, 0.5) is 0 Å². The summed E-state index contributed by atoms with van der Waals surface area (Å²) < 4.78 is 0. The number of aryl methyl sites for hydroxylation is 1. The van der Waals surface area contributed by atoms with Gasteiger partial charge in [-0.3, -0.25) is 20.1 Å². The molecule has 7 heteroatoms. The molecule has 5 rings (SSSR count). The number of rotatable bonds is 3. The number of thioether (sulfide) groups is 1. The summed E-state index contributed by atoms with van der Waals surface area (Å²) in [7, 11) is 0. The molecule has 1 amide bonds. The Labute approximate surface area is 178 Å². The van der Waals surface area contributed by atoms with Gasteiger partial charge in [0.2, 0.25) is 0 Å². The summed E-state index contributed by atoms with van der Waals surface area (Å²) in [5.41, 5.74) is 3.32. The Morgan fingerprint density at radius 3 is 2.63 bits per heavy atom. The molecule has 0 radical (unpaired) electrons. The van der Waals surface area contributed by atoms with Gasteiger partial charge in [0.25, 0.3) is 5.91 Å². The topological polar surface area (TPSA) is 70.0 Å². The lowest BCUT2D eigenvalue weighted by molar-refractivity contribution is -0.116. The van der Waals surface area contributed by atoms with Crippen LogP contribution in [0, 0.1) is 6.92 Å². The number of pyridine rings is 1. The maximum atomic E-state index is 13.1. The van der Waals surface area contributed by atoms with Gasteiger partial charge in [-0.25, -0.2) is 5.01 Å². The molecule has 1 N–H and O–H groups in total. The Hall–Kier alpha value is -3.45. The van der Waals surface area contributed by atoms with E-state index in [0.29, 0.717) is 16.6 Å². The molecule has 0 saturated heterocycles. The lowest BCUT2D eigenvalue weighted by atomic mass is 10.1. The fourth-order valence-corrected chi connectivity index (χ4v) is 4.33. The first-order valence-corrected chi connectivity index (χ1v) is 10.6. The second kappa shape index (κ2) is 7.76. The van der Waals surface area contributed by atoms with Crippen LogP contribution in [0.1, 0.15) is 23.1 Å². The van der Waals surface area contributed by atoms with Crippen LogP contribution in [-0.2, 0) is 10.5 Å². The summed E-state index contributed by atoms with van der Waals surface area (Å²) in [6, 6.07) is 23.6. The first kappa shape index (κ1) is 18.6. The van der Waals surface area contributed by atoms with Gasteiger partial charge in [-0.2, -0.15) is 0 Å². The van der Waals surface area contributed by atoms with Crippen molar-refractivity contribution in [2.75, 3.05) is 0 Å². The number of benzene rings is 2. The van der Waals surface area contributed by atoms with Crippen molar-refractivity contribution in [3.8, 4) is 0 Å².